The van der Waals surface area contributed by atoms with Crippen LogP contribution in [-0.2, 0) is 11.3 Å². The largest absolute Gasteiger partial charge is 0.497 e. The Hall–Kier alpha value is -2.63. The average Bonchev–Trinajstić information content (AvgIpc) is 3.22. The topological polar surface area (TPSA) is 41.6 Å². The summed E-state index contributed by atoms with van der Waals surface area (Å²) < 4.78 is 5.18. The maximum Gasteiger partial charge on any atom is 0.234 e. The van der Waals surface area contributed by atoms with Crippen molar-refractivity contribution in [3.05, 3.63) is 88.1 Å². The summed E-state index contributed by atoms with van der Waals surface area (Å²) in [4.78, 5) is 15.8. The highest BCUT2D eigenvalue weighted by Crippen LogP contribution is 2.25. The first-order valence-electron chi connectivity index (χ1n) is 8.85. The number of nitrogens with one attached hydrogen (secondary N) is 1. The van der Waals surface area contributed by atoms with Crippen LogP contribution in [0.4, 0.5) is 0 Å². The van der Waals surface area contributed by atoms with Crippen molar-refractivity contribution in [3.8, 4) is 5.75 Å². The average molecular weight is 381 g/mol. The van der Waals surface area contributed by atoms with E-state index in [1.165, 1.54) is 0 Å². The number of hydrogen-bond donors (Lipinski definition) is 1. The molecule has 0 aliphatic heterocycles. The molecular formula is C22H24N2O2S. The Morgan fingerprint density at radius 1 is 1.07 bits per heavy atom. The second-order valence-electron chi connectivity index (χ2n) is 6.45. The van der Waals surface area contributed by atoms with Gasteiger partial charge in [-0.3, -0.25) is 9.69 Å². The lowest BCUT2D eigenvalue weighted by atomic mass is 10.1. The van der Waals surface area contributed by atoms with Gasteiger partial charge in [-0.05, 0) is 41.8 Å². The zero-order chi connectivity index (χ0) is 19.1. The summed E-state index contributed by atoms with van der Waals surface area (Å²) in [6.07, 6.45) is 0. The van der Waals surface area contributed by atoms with E-state index in [1.54, 1.807) is 18.4 Å². The first kappa shape index (κ1) is 19.1. The molecule has 3 aromatic rings. The van der Waals surface area contributed by atoms with Gasteiger partial charge in [-0.2, -0.15) is 0 Å². The fourth-order valence-corrected chi connectivity index (χ4v) is 3.77. The molecule has 0 fully saturated rings. The van der Waals surface area contributed by atoms with Crippen LogP contribution in [0.1, 0.15) is 22.0 Å². The van der Waals surface area contributed by atoms with Crippen LogP contribution in [0.15, 0.2) is 72.1 Å². The number of carbonyl (C=O) groups is 1. The van der Waals surface area contributed by atoms with Crippen molar-refractivity contribution >= 4 is 17.2 Å². The summed E-state index contributed by atoms with van der Waals surface area (Å²) in [5.41, 5.74) is 2.23. The third kappa shape index (κ3) is 5.42. The molecule has 1 amide bonds. The summed E-state index contributed by atoms with van der Waals surface area (Å²) in [5.74, 6) is 0.842. The van der Waals surface area contributed by atoms with E-state index in [0.717, 1.165) is 21.8 Å². The van der Waals surface area contributed by atoms with Gasteiger partial charge in [-0.1, -0.05) is 48.5 Å². The Bertz CT molecular complexity index is 833. The van der Waals surface area contributed by atoms with Crippen LogP contribution < -0.4 is 10.1 Å². The minimum Gasteiger partial charge on any atom is -0.497 e. The second-order valence-corrected chi connectivity index (χ2v) is 7.43. The number of benzene rings is 2. The van der Waals surface area contributed by atoms with E-state index in [0.29, 0.717) is 13.1 Å². The molecule has 0 aliphatic rings. The summed E-state index contributed by atoms with van der Waals surface area (Å²) >= 11 is 1.65. The standard InChI is InChI=1S/C22H24N2O2S/c1-24(15-17-10-12-19(26-2)13-11-17)16-21(25)23-22(20-9-6-14-27-20)18-7-4-3-5-8-18/h3-14,22H,15-16H2,1-2H3,(H,23,25)/t22-/m0/s1. The van der Waals surface area contributed by atoms with E-state index >= 15 is 0 Å². The van der Waals surface area contributed by atoms with Crippen molar-refractivity contribution in [2.45, 2.75) is 12.6 Å². The number of rotatable bonds is 8. The molecule has 4 nitrogen and oxygen atoms in total. The molecule has 3 rings (SSSR count). The highest BCUT2D eigenvalue weighted by Gasteiger charge is 2.18. The predicted octanol–water partition coefficient (Wildman–Crippen LogP) is 4.09. The monoisotopic (exact) mass is 380 g/mol. The van der Waals surface area contributed by atoms with E-state index in [9.17, 15) is 4.79 Å². The van der Waals surface area contributed by atoms with E-state index in [1.807, 2.05) is 78.0 Å². The molecule has 0 aliphatic carbocycles. The number of carbonyl (C=O) groups excluding carboxylic acids is 1. The highest BCUT2D eigenvalue weighted by atomic mass is 32.1. The van der Waals surface area contributed by atoms with E-state index < -0.39 is 0 Å². The van der Waals surface area contributed by atoms with Gasteiger partial charge in [-0.25, -0.2) is 0 Å². The molecule has 0 saturated heterocycles. The van der Waals surface area contributed by atoms with Gasteiger partial charge in [0.15, 0.2) is 0 Å². The van der Waals surface area contributed by atoms with Crippen LogP contribution >= 0.6 is 11.3 Å². The molecule has 0 spiro atoms. The molecule has 27 heavy (non-hydrogen) atoms. The molecular weight excluding hydrogens is 356 g/mol. The van der Waals surface area contributed by atoms with Crippen molar-refractivity contribution in [2.75, 3.05) is 20.7 Å². The van der Waals surface area contributed by atoms with Gasteiger partial charge >= 0.3 is 0 Å². The van der Waals surface area contributed by atoms with Gasteiger partial charge < -0.3 is 10.1 Å². The van der Waals surface area contributed by atoms with E-state index in [-0.39, 0.29) is 11.9 Å². The van der Waals surface area contributed by atoms with Gasteiger partial charge in [-0.15, -0.1) is 11.3 Å². The first-order chi connectivity index (χ1) is 13.2. The number of likely N-dealkylation sites (N-methyl/N-ethyl adjacent to an activating group) is 1. The maximum absolute atomic E-state index is 12.7. The Morgan fingerprint density at radius 3 is 2.44 bits per heavy atom. The minimum absolute atomic E-state index is 0.00765. The van der Waals surface area contributed by atoms with Crippen molar-refractivity contribution in [2.24, 2.45) is 0 Å². The minimum atomic E-state index is -0.118. The van der Waals surface area contributed by atoms with Gasteiger partial charge in [0.1, 0.15) is 5.75 Å². The molecule has 1 atom stereocenters. The fraction of sp³-hybridized carbons (Fsp3) is 0.227. The summed E-state index contributed by atoms with van der Waals surface area (Å²) in [6, 6.07) is 21.9. The van der Waals surface area contributed by atoms with Gasteiger partial charge in [0.05, 0.1) is 19.7 Å². The normalized spacial score (nSPS) is 12.0. The number of ether oxygens (including phenoxy) is 1. The van der Waals surface area contributed by atoms with E-state index in [2.05, 4.69) is 11.4 Å². The Kier molecular flexibility index (Phi) is 6.63. The van der Waals surface area contributed by atoms with Crippen molar-refractivity contribution in [1.29, 1.82) is 0 Å². The second kappa shape index (κ2) is 9.35. The molecule has 0 bridgehead atoms. The SMILES string of the molecule is COc1ccc(CN(C)CC(=O)N[C@@H](c2ccccc2)c2cccs2)cc1. The molecule has 1 aromatic heterocycles. The van der Waals surface area contributed by atoms with Crippen LogP contribution in [0, 0.1) is 0 Å². The van der Waals surface area contributed by atoms with Crippen LogP contribution in [0.5, 0.6) is 5.75 Å². The third-order valence-electron chi connectivity index (χ3n) is 4.29. The Balaban J connectivity index is 1.62. The number of nitrogens with zero attached hydrogens (tertiary/aromatic N) is 1. The summed E-state index contributed by atoms with van der Waals surface area (Å²) in [7, 11) is 3.61. The van der Waals surface area contributed by atoms with Crippen molar-refractivity contribution in [1.82, 2.24) is 10.2 Å². The molecule has 140 valence electrons. The third-order valence-corrected chi connectivity index (χ3v) is 5.23. The first-order valence-corrected chi connectivity index (χ1v) is 9.73. The van der Waals surface area contributed by atoms with E-state index in [4.69, 9.17) is 4.74 Å². The lowest BCUT2D eigenvalue weighted by molar-refractivity contribution is -0.122. The Labute approximate surface area is 164 Å². The molecule has 0 radical (unpaired) electrons. The van der Waals surface area contributed by atoms with Crippen molar-refractivity contribution in [3.63, 3.8) is 0 Å². The number of methoxy groups -OCH3 is 1. The van der Waals surface area contributed by atoms with Crippen LogP contribution in [0.25, 0.3) is 0 Å². The smallest absolute Gasteiger partial charge is 0.234 e. The number of hydrogen-bond acceptors (Lipinski definition) is 4. The van der Waals surface area contributed by atoms with Crippen molar-refractivity contribution < 1.29 is 9.53 Å². The number of thiophene rings is 1. The molecule has 5 heteroatoms. The molecule has 0 saturated carbocycles. The van der Waals surface area contributed by atoms with Crippen LogP contribution in [-0.4, -0.2) is 31.5 Å². The summed E-state index contributed by atoms with van der Waals surface area (Å²) in [6.45, 7) is 1.03. The molecule has 1 heterocycles. The summed E-state index contributed by atoms with van der Waals surface area (Å²) in [5, 5.41) is 5.22. The zero-order valence-electron chi connectivity index (χ0n) is 15.6. The lowest BCUT2D eigenvalue weighted by Crippen LogP contribution is -2.37. The van der Waals surface area contributed by atoms with Gasteiger partial charge in [0.2, 0.25) is 5.91 Å². The maximum atomic E-state index is 12.7. The number of amides is 1. The van der Waals surface area contributed by atoms with Gasteiger partial charge in [0, 0.05) is 11.4 Å². The predicted molar refractivity (Wildman–Crippen MR) is 110 cm³/mol. The van der Waals surface area contributed by atoms with Gasteiger partial charge in [0.25, 0.3) is 0 Å². The molecule has 1 N–H and O–H groups in total. The fourth-order valence-electron chi connectivity index (χ4n) is 2.97. The van der Waals surface area contributed by atoms with Crippen LogP contribution in [0.2, 0.25) is 0 Å². The zero-order valence-corrected chi connectivity index (χ0v) is 16.4. The molecule has 0 unspecified atom stereocenters. The molecule has 2 aromatic carbocycles. The lowest BCUT2D eigenvalue weighted by Gasteiger charge is -2.21. The van der Waals surface area contributed by atoms with Crippen LogP contribution in [0.3, 0.4) is 0 Å². The quantitative estimate of drug-likeness (QED) is 0.640. The highest BCUT2D eigenvalue weighted by molar-refractivity contribution is 7.10. The Morgan fingerprint density at radius 2 is 1.81 bits per heavy atom.